The highest BCUT2D eigenvalue weighted by molar-refractivity contribution is 7.99. The van der Waals surface area contributed by atoms with Crippen molar-refractivity contribution in [3.8, 4) is 11.4 Å². The number of rotatable bonds is 6. The number of thioether (sulfide) groups is 1. The second-order valence-corrected chi connectivity index (χ2v) is 9.58. The zero-order valence-corrected chi connectivity index (χ0v) is 18.3. The van der Waals surface area contributed by atoms with Crippen molar-refractivity contribution in [3.63, 3.8) is 0 Å². The van der Waals surface area contributed by atoms with Gasteiger partial charge in [0.05, 0.1) is 5.75 Å². The molecule has 0 saturated heterocycles. The molecule has 2 unspecified atom stereocenters. The summed E-state index contributed by atoms with van der Waals surface area (Å²) < 4.78 is 2.08. The van der Waals surface area contributed by atoms with Crippen LogP contribution >= 0.6 is 11.8 Å². The minimum Gasteiger partial charge on any atom is -0.352 e. The largest absolute Gasteiger partial charge is 0.352 e. The summed E-state index contributed by atoms with van der Waals surface area (Å²) in [5.41, 5.74) is 1.27. The van der Waals surface area contributed by atoms with Gasteiger partial charge in [-0.05, 0) is 31.1 Å². The molecule has 3 rings (SSSR count). The van der Waals surface area contributed by atoms with E-state index in [1.54, 1.807) is 0 Å². The Labute approximate surface area is 172 Å². The van der Waals surface area contributed by atoms with Gasteiger partial charge in [0.25, 0.3) is 0 Å². The molecule has 2 atom stereocenters. The minimum atomic E-state index is 0.0954. The first-order valence-electron chi connectivity index (χ1n) is 10.3. The number of nitrogens with zero attached hydrogens (tertiary/aromatic N) is 3. The summed E-state index contributed by atoms with van der Waals surface area (Å²) in [4.78, 5) is 12.6. The zero-order valence-electron chi connectivity index (χ0n) is 17.4. The number of carbonyl (C=O) groups is 1. The lowest BCUT2D eigenvalue weighted by Gasteiger charge is -2.40. The fourth-order valence-electron chi connectivity index (χ4n) is 4.20. The van der Waals surface area contributed by atoms with E-state index in [-0.39, 0.29) is 17.4 Å². The molecule has 0 radical (unpaired) electrons. The molecule has 2 aromatic rings. The number of nitrogens with one attached hydrogen (secondary N) is 1. The SMILES string of the molecule is CCn1c(SCC(=O)NC2CCCCC2C(C)(C)C)nnc1-c1ccccc1. The molecule has 5 nitrogen and oxygen atoms in total. The third-order valence-corrected chi connectivity index (χ3v) is 6.59. The van der Waals surface area contributed by atoms with Crippen LogP contribution in [0.1, 0.15) is 53.4 Å². The van der Waals surface area contributed by atoms with Crippen LogP contribution in [0.15, 0.2) is 35.5 Å². The van der Waals surface area contributed by atoms with Crippen LogP contribution in [0.25, 0.3) is 11.4 Å². The van der Waals surface area contributed by atoms with Crippen LogP contribution in [-0.2, 0) is 11.3 Å². The second kappa shape index (κ2) is 9.12. The molecule has 0 bridgehead atoms. The van der Waals surface area contributed by atoms with Gasteiger partial charge in [0, 0.05) is 18.2 Å². The van der Waals surface area contributed by atoms with Crippen LogP contribution < -0.4 is 5.32 Å². The first-order chi connectivity index (χ1) is 13.4. The van der Waals surface area contributed by atoms with E-state index in [1.165, 1.54) is 31.0 Å². The molecule has 6 heteroatoms. The Bertz CT molecular complexity index is 782. The van der Waals surface area contributed by atoms with Gasteiger partial charge in [0.15, 0.2) is 11.0 Å². The summed E-state index contributed by atoms with van der Waals surface area (Å²) in [6.45, 7) is 9.70. The van der Waals surface area contributed by atoms with Gasteiger partial charge in [-0.2, -0.15) is 0 Å². The Morgan fingerprint density at radius 2 is 1.89 bits per heavy atom. The van der Waals surface area contributed by atoms with Crippen molar-refractivity contribution in [1.29, 1.82) is 0 Å². The molecular formula is C22H32N4OS. The third kappa shape index (κ3) is 4.96. The zero-order chi connectivity index (χ0) is 20.1. The first-order valence-corrected chi connectivity index (χ1v) is 11.3. The molecule has 1 aliphatic carbocycles. The molecule has 1 fully saturated rings. The number of hydrogen-bond acceptors (Lipinski definition) is 4. The van der Waals surface area contributed by atoms with Crippen molar-refractivity contribution < 1.29 is 4.79 Å². The van der Waals surface area contributed by atoms with Crippen molar-refractivity contribution in [1.82, 2.24) is 20.1 Å². The molecule has 1 aliphatic rings. The topological polar surface area (TPSA) is 59.8 Å². The number of amides is 1. The highest BCUT2D eigenvalue weighted by Gasteiger charge is 2.34. The van der Waals surface area contributed by atoms with E-state index in [0.29, 0.717) is 11.7 Å². The van der Waals surface area contributed by atoms with Gasteiger partial charge in [-0.15, -0.1) is 10.2 Å². The van der Waals surface area contributed by atoms with E-state index in [2.05, 4.69) is 47.8 Å². The van der Waals surface area contributed by atoms with Gasteiger partial charge < -0.3 is 9.88 Å². The summed E-state index contributed by atoms with van der Waals surface area (Å²) in [5, 5.41) is 12.8. The summed E-state index contributed by atoms with van der Waals surface area (Å²) in [7, 11) is 0. The summed E-state index contributed by atoms with van der Waals surface area (Å²) in [5.74, 6) is 1.86. The van der Waals surface area contributed by atoms with Crippen molar-refractivity contribution in [2.45, 2.75) is 71.1 Å². The van der Waals surface area contributed by atoms with Crippen molar-refractivity contribution in [2.75, 3.05) is 5.75 Å². The lowest BCUT2D eigenvalue weighted by molar-refractivity contribution is -0.120. The van der Waals surface area contributed by atoms with E-state index in [4.69, 9.17) is 0 Å². The molecule has 1 N–H and O–H groups in total. The number of carbonyl (C=O) groups excluding carboxylic acids is 1. The van der Waals surface area contributed by atoms with Crippen molar-refractivity contribution >= 4 is 17.7 Å². The molecule has 0 spiro atoms. The maximum atomic E-state index is 12.6. The molecule has 28 heavy (non-hydrogen) atoms. The Morgan fingerprint density at radius 1 is 1.18 bits per heavy atom. The maximum Gasteiger partial charge on any atom is 0.230 e. The normalized spacial score (nSPS) is 20.1. The highest BCUT2D eigenvalue weighted by atomic mass is 32.2. The fraction of sp³-hybridized carbons (Fsp3) is 0.591. The minimum absolute atomic E-state index is 0.0954. The first kappa shape index (κ1) is 20.9. The van der Waals surface area contributed by atoms with E-state index in [0.717, 1.165) is 29.5 Å². The molecule has 1 aromatic carbocycles. The smallest absolute Gasteiger partial charge is 0.230 e. The summed E-state index contributed by atoms with van der Waals surface area (Å²) >= 11 is 1.47. The average molecular weight is 401 g/mol. The Balaban J connectivity index is 1.62. The van der Waals surface area contributed by atoms with E-state index < -0.39 is 0 Å². The van der Waals surface area contributed by atoms with Crippen LogP contribution in [0, 0.1) is 11.3 Å². The van der Waals surface area contributed by atoms with Gasteiger partial charge in [0.2, 0.25) is 5.91 Å². The summed E-state index contributed by atoms with van der Waals surface area (Å²) in [6.07, 6.45) is 4.76. The standard InChI is InChI=1S/C22H32N4OS/c1-5-26-20(16-11-7-6-8-12-16)24-25-21(26)28-15-19(27)23-18-14-10-9-13-17(18)22(2,3)4/h6-8,11-12,17-18H,5,9-10,13-15H2,1-4H3,(H,23,27). The van der Waals surface area contributed by atoms with Gasteiger partial charge in [-0.1, -0.05) is 75.7 Å². The lowest BCUT2D eigenvalue weighted by Crippen LogP contribution is -2.47. The van der Waals surface area contributed by atoms with Gasteiger partial charge in [-0.3, -0.25) is 4.79 Å². The predicted octanol–water partition coefficient (Wildman–Crippen LogP) is 4.78. The van der Waals surface area contributed by atoms with Crippen LogP contribution in [0.3, 0.4) is 0 Å². The number of aromatic nitrogens is 3. The lowest BCUT2D eigenvalue weighted by atomic mass is 9.69. The highest BCUT2D eigenvalue weighted by Crippen LogP contribution is 2.38. The van der Waals surface area contributed by atoms with Crippen molar-refractivity contribution in [2.24, 2.45) is 11.3 Å². The van der Waals surface area contributed by atoms with Crippen LogP contribution in [-0.4, -0.2) is 32.5 Å². The fourth-order valence-corrected chi connectivity index (χ4v) is 5.01. The van der Waals surface area contributed by atoms with E-state index >= 15 is 0 Å². The van der Waals surface area contributed by atoms with Gasteiger partial charge in [-0.25, -0.2) is 0 Å². The van der Waals surface area contributed by atoms with E-state index in [9.17, 15) is 4.79 Å². The predicted molar refractivity (Wildman–Crippen MR) is 115 cm³/mol. The monoisotopic (exact) mass is 400 g/mol. The molecule has 1 aromatic heterocycles. The van der Waals surface area contributed by atoms with Crippen molar-refractivity contribution in [3.05, 3.63) is 30.3 Å². The van der Waals surface area contributed by atoms with E-state index in [1.807, 2.05) is 30.3 Å². The van der Waals surface area contributed by atoms with Crippen LogP contribution in [0.4, 0.5) is 0 Å². The van der Waals surface area contributed by atoms with Crippen LogP contribution in [0.2, 0.25) is 0 Å². The maximum absolute atomic E-state index is 12.6. The Hall–Kier alpha value is -1.82. The van der Waals surface area contributed by atoms with Crippen LogP contribution in [0.5, 0.6) is 0 Å². The number of benzene rings is 1. The summed E-state index contributed by atoms with van der Waals surface area (Å²) in [6, 6.07) is 10.3. The third-order valence-electron chi connectivity index (χ3n) is 5.62. The molecule has 1 heterocycles. The Kier molecular flexibility index (Phi) is 6.81. The molecule has 152 valence electrons. The quantitative estimate of drug-likeness (QED) is 0.709. The molecule has 1 amide bonds. The van der Waals surface area contributed by atoms with Gasteiger partial charge in [0.1, 0.15) is 0 Å². The average Bonchev–Trinajstić information content (AvgIpc) is 3.09. The molecule has 1 saturated carbocycles. The Morgan fingerprint density at radius 3 is 2.57 bits per heavy atom. The second-order valence-electron chi connectivity index (χ2n) is 8.64. The molecule has 0 aliphatic heterocycles. The molecular weight excluding hydrogens is 368 g/mol. The number of hydrogen-bond donors (Lipinski definition) is 1. The van der Waals surface area contributed by atoms with Gasteiger partial charge >= 0.3 is 0 Å².